The number of nitrogens with two attached hydrogens (primary N) is 1. The second-order valence-corrected chi connectivity index (χ2v) is 6.25. The standard InChI is InChI=1S/C18H23NOS/c1-4-20-16-8-6-15(7-9-16)17(19)12-21-18-10-5-13(2)11-14(18)3/h5-11,17H,4,12,19H2,1-3H3. The van der Waals surface area contributed by atoms with Crippen LogP contribution in [0.25, 0.3) is 0 Å². The van der Waals surface area contributed by atoms with E-state index in [1.807, 2.05) is 30.8 Å². The molecule has 0 aromatic heterocycles. The van der Waals surface area contributed by atoms with Crippen LogP contribution in [-0.2, 0) is 0 Å². The first kappa shape index (κ1) is 15.9. The summed E-state index contributed by atoms with van der Waals surface area (Å²) in [5, 5.41) is 0. The van der Waals surface area contributed by atoms with Crippen LogP contribution in [-0.4, -0.2) is 12.4 Å². The summed E-state index contributed by atoms with van der Waals surface area (Å²) in [6, 6.07) is 14.7. The lowest BCUT2D eigenvalue weighted by atomic mass is 10.1. The topological polar surface area (TPSA) is 35.2 Å². The van der Waals surface area contributed by atoms with Gasteiger partial charge in [0, 0.05) is 16.7 Å². The van der Waals surface area contributed by atoms with Crippen molar-refractivity contribution in [3.05, 3.63) is 59.2 Å². The van der Waals surface area contributed by atoms with E-state index in [1.54, 1.807) is 0 Å². The summed E-state index contributed by atoms with van der Waals surface area (Å²) in [5.41, 5.74) is 10.1. The molecule has 2 nitrogen and oxygen atoms in total. The van der Waals surface area contributed by atoms with Gasteiger partial charge in [0.05, 0.1) is 6.61 Å². The van der Waals surface area contributed by atoms with Gasteiger partial charge in [0.1, 0.15) is 5.75 Å². The highest BCUT2D eigenvalue weighted by Crippen LogP contribution is 2.27. The third kappa shape index (κ3) is 4.51. The number of benzene rings is 2. The van der Waals surface area contributed by atoms with Crippen LogP contribution in [0.4, 0.5) is 0 Å². The van der Waals surface area contributed by atoms with E-state index in [0.29, 0.717) is 6.61 Å². The highest BCUT2D eigenvalue weighted by atomic mass is 32.2. The molecule has 3 heteroatoms. The van der Waals surface area contributed by atoms with Crippen molar-refractivity contribution in [3.63, 3.8) is 0 Å². The van der Waals surface area contributed by atoms with Gasteiger partial charge in [-0.1, -0.05) is 29.8 Å². The van der Waals surface area contributed by atoms with Crippen LogP contribution < -0.4 is 10.5 Å². The second kappa shape index (κ2) is 7.53. The first-order chi connectivity index (χ1) is 10.1. The zero-order valence-electron chi connectivity index (χ0n) is 12.9. The minimum absolute atomic E-state index is 0.0337. The van der Waals surface area contributed by atoms with Crippen LogP contribution in [0.3, 0.4) is 0 Å². The maximum Gasteiger partial charge on any atom is 0.119 e. The number of hydrogen-bond acceptors (Lipinski definition) is 3. The Morgan fingerprint density at radius 3 is 2.43 bits per heavy atom. The highest BCUT2D eigenvalue weighted by Gasteiger charge is 2.08. The Kier molecular flexibility index (Phi) is 5.71. The quantitative estimate of drug-likeness (QED) is 0.798. The molecule has 0 spiro atoms. The van der Waals surface area contributed by atoms with E-state index in [4.69, 9.17) is 10.5 Å². The molecule has 0 aliphatic rings. The van der Waals surface area contributed by atoms with Gasteiger partial charge >= 0.3 is 0 Å². The highest BCUT2D eigenvalue weighted by molar-refractivity contribution is 7.99. The molecule has 2 aromatic rings. The lowest BCUT2D eigenvalue weighted by Gasteiger charge is -2.14. The van der Waals surface area contributed by atoms with Gasteiger partial charge in [-0.3, -0.25) is 0 Å². The van der Waals surface area contributed by atoms with Crippen molar-refractivity contribution < 1.29 is 4.74 Å². The molecule has 1 atom stereocenters. The third-order valence-electron chi connectivity index (χ3n) is 3.37. The SMILES string of the molecule is CCOc1ccc(C(N)CSc2ccc(C)cc2C)cc1. The lowest BCUT2D eigenvalue weighted by Crippen LogP contribution is -2.12. The van der Waals surface area contributed by atoms with Gasteiger partial charge in [-0.25, -0.2) is 0 Å². The molecule has 0 heterocycles. The zero-order chi connectivity index (χ0) is 15.2. The summed E-state index contributed by atoms with van der Waals surface area (Å²) in [4.78, 5) is 1.31. The van der Waals surface area contributed by atoms with Crippen LogP contribution >= 0.6 is 11.8 Å². The average molecular weight is 301 g/mol. The summed E-state index contributed by atoms with van der Waals surface area (Å²) in [6.45, 7) is 6.94. The Morgan fingerprint density at radius 2 is 1.81 bits per heavy atom. The van der Waals surface area contributed by atoms with E-state index in [2.05, 4.69) is 44.2 Å². The van der Waals surface area contributed by atoms with Crippen LogP contribution in [0.1, 0.15) is 29.7 Å². The largest absolute Gasteiger partial charge is 0.494 e. The molecule has 21 heavy (non-hydrogen) atoms. The van der Waals surface area contributed by atoms with Gasteiger partial charge in [0.15, 0.2) is 0 Å². The normalized spacial score (nSPS) is 12.2. The third-order valence-corrected chi connectivity index (χ3v) is 4.66. The summed E-state index contributed by atoms with van der Waals surface area (Å²) in [7, 11) is 0. The molecule has 112 valence electrons. The molecule has 0 saturated carbocycles. The van der Waals surface area contributed by atoms with Gasteiger partial charge < -0.3 is 10.5 Å². The Balaban J connectivity index is 1.96. The van der Waals surface area contributed by atoms with Gasteiger partial charge in [-0.2, -0.15) is 0 Å². The van der Waals surface area contributed by atoms with Gasteiger partial charge in [0.2, 0.25) is 0 Å². The molecule has 0 bridgehead atoms. The van der Waals surface area contributed by atoms with Gasteiger partial charge in [-0.05, 0) is 50.1 Å². The molecule has 0 aliphatic heterocycles. The van der Waals surface area contributed by atoms with E-state index in [-0.39, 0.29) is 6.04 Å². The van der Waals surface area contributed by atoms with Crippen LogP contribution in [0.15, 0.2) is 47.4 Å². The summed E-state index contributed by atoms with van der Waals surface area (Å²) in [6.07, 6.45) is 0. The molecule has 0 radical (unpaired) electrons. The van der Waals surface area contributed by atoms with Crippen molar-refractivity contribution in [2.24, 2.45) is 5.73 Å². The summed E-state index contributed by atoms with van der Waals surface area (Å²) >= 11 is 1.82. The molecule has 2 N–H and O–H groups in total. The maximum atomic E-state index is 6.29. The van der Waals surface area contributed by atoms with Gasteiger partial charge in [-0.15, -0.1) is 11.8 Å². The van der Waals surface area contributed by atoms with Crippen LogP contribution in [0.5, 0.6) is 5.75 Å². The number of thioether (sulfide) groups is 1. The molecular formula is C18H23NOS. The molecule has 0 fully saturated rings. The predicted molar refractivity (Wildman–Crippen MR) is 91.2 cm³/mol. The van der Waals surface area contributed by atoms with Crippen molar-refractivity contribution in [2.45, 2.75) is 31.7 Å². The van der Waals surface area contributed by atoms with Crippen molar-refractivity contribution >= 4 is 11.8 Å². The van der Waals surface area contributed by atoms with E-state index < -0.39 is 0 Å². The van der Waals surface area contributed by atoms with E-state index >= 15 is 0 Å². The lowest BCUT2D eigenvalue weighted by molar-refractivity contribution is 0.340. The van der Waals surface area contributed by atoms with Crippen LogP contribution in [0, 0.1) is 13.8 Å². The predicted octanol–water partition coefficient (Wildman–Crippen LogP) is 4.49. The molecule has 2 aromatic carbocycles. The fraction of sp³-hybridized carbons (Fsp3) is 0.333. The zero-order valence-corrected chi connectivity index (χ0v) is 13.7. The molecule has 2 rings (SSSR count). The summed E-state index contributed by atoms with van der Waals surface area (Å²) < 4.78 is 5.45. The molecular weight excluding hydrogens is 278 g/mol. The minimum Gasteiger partial charge on any atom is -0.494 e. The average Bonchev–Trinajstić information content (AvgIpc) is 2.47. The van der Waals surface area contributed by atoms with Crippen molar-refractivity contribution in [1.82, 2.24) is 0 Å². The Labute approximate surface area is 131 Å². The van der Waals surface area contributed by atoms with Gasteiger partial charge in [0.25, 0.3) is 0 Å². The number of hydrogen-bond donors (Lipinski definition) is 1. The monoisotopic (exact) mass is 301 g/mol. The molecule has 1 unspecified atom stereocenters. The molecule has 0 saturated heterocycles. The van der Waals surface area contributed by atoms with Crippen LogP contribution in [0.2, 0.25) is 0 Å². The van der Waals surface area contributed by atoms with Crippen molar-refractivity contribution in [3.8, 4) is 5.75 Å². The fourth-order valence-corrected chi connectivity index (χ4v) is 3.22. The Morgan fingerprint density at radius 1 is 1.10 bits per heavy atom. The maximum absolute atomic E-state index is 6.29. The Bertz CT molecular complexity index is 580. The van der Waals surface area contributed by atoms with Crippen molar-refractivity contribution in [2.75, 3.05) is 12.4 Å². The second-order valence-electron chi connectivity index (χ2n) is 5.19. The van der Waals surface area contributed by atoms with Crippen molar-refractivity contribution in [1.29, 1.82) is 0 Å². The van der Waals surface area contributed by atoms with E-state index in [0.717, 1.165) is 17.1 Å². The first-order valence-corrected chi connectivity index (χ1v) is 8.27. The number of rotatable bonds is 6. The number of ether oxygens (including phenoxy) is 1. The van der Waals surface area contributed by atoms with E-state index in [9.17, 15) is 0 Å². The number of aryl methyl sites for hydroxylation is 2. The minimum atomic E-state index is 0.0337. The summed E-state index contributed by atoms with van der Waals surface area (Å²) in [5.74, 6) is 1.77. The van der Waals surface area contributed by atoms with E-state index in [1.165, 1.54) is 16.0 Å². The smallest absolute Gasteiger partial charge is 0.119 e. The Hall–Kier alpha value is -1.45. The molecule has 0 aliphatic carbocycles. The first-order valence-electron chi connectivity index (χ1n) is 7.28. The molecule has 0 amide bonds. The fourth-order valence-electron chi connectivity index (χ4n) is 2.21.